The van der Waals surface area contributed by atoms with Gasteiger partial charge in [0, 0.05) is 38.3 Å². The van der Waals surface area contributed by atoms with Crippen molar-refractivity contribution in [3.8, 4) is 5.75 Å². The van der Waals surface area contributed by atoms with Gasteiger partial charge in [-0.2, -0.15) is 0 Å². The van der Waals surface area contributed by atoms with Crippen molar-refractivity contribution in [3.05, 3.63) is 59.7 Å². The molecule has 0 aliphatic carbocycles. The lowest BCUT2D eigenvalue weighted by atomic mass is 10.1. The maximum atomic E-state index is 13.8. The first-order valence-electron chi connectivity index (χ1n) is 8.31. The van der Waals surface area contributed by atoms with Crippen LogP contribution in [0.3, 0.4) is 0 Å². The molecule has 0 N–H and O–H groups in total. The highest BCUT2D eigenvalue weighted by Gasteiger charge is 2.21. The highest BCUT2D eigenvalue weighted by Crippen LogP contribution is 2.29. The molecule has 3 nitrogen and oxygen atoms in total. The zero-order valence-corrected chi connectivity index (χ0v) is 13.8. The number of hydrogen-bond acceptors (Lipinski definition) is 3. The molecule has 2 aromatic rings. The molecule has 128 valence electrons. The predicted molar refractivity (Wildman–Crippen MR) is 91.5 cm³/mol. The zero-order chi connectivity index (χ0) is 16.9. The first kappa shape index (κ1) is 16.7. The van der Waals surface area contributed by atoms with Crippen molar-refractivity contribution in [2.75, 3.05) is 37.7 Å². The van der Waals surface area contributed by atoms with Crippen molar-refractivity contribution in [2.24, 2.45) is 0 Å². The number of piperazine rings is 1. The number of benzene rings is 2. The van der Waals surface area contributed by atoms with Crippen LogP contribution in [-0.4, -0.2) is 37.7 Å². The quantitative estimate of drug-likeness (QED) is 0.831. The van der Waals surface area contributed by atoms with Crippen LogP contribution < -0.4 is 9.64 Å². The summed E-state index contributed by atoms with van der Waals surface area (Å²) in [6.45, 7) is 6.03. The van der Waals surface area contributed by atoms with E-state index in [1.807, 2.05) is 25.1 Å². The Hall–Kier alpha value is -2.14. The lowest BCUT2D eigenvalue weighted by Crippen LogP contribution is -2.46. The van der Waals surface area contributed by atoms with Gasteiger partial charge in [-0.15, -0.1) is 0 Å². The van der Waals surface area contributed by atoms with Gasteiger partial charge in [0.1, 0.15) is 17.4 Å². The van der Waals surface area contributed by atoms with E-state index in [1.54, 1.807) is 0 Å². The van der Waals surface area contributed by atoms with E-state index in [0.29, 0.717) is 13.2 Å². The summed E-state index contributed by atoms with van der Waals surface area (Å²) in [5, 5.41) is 0. The van der Waals surface area contributed by atoms with Crippen molar-refractivity contribution in [1.29, 1.82) is 0 Å². The van der Waals surface area contributed by atoms with Crippen molar-refractivity contribution in [2.45, 2.75) is 13.5 Å². The van der Waals surface area contributed by atoms with E-state index in [9.17, 15) is 8.78 Å². The number of ether oxygens (including phenoxy) is 1. The van der Waals surface area contributed by atoms with Crippen LogP contribution in [0.4, 0.5) is 14.5 Å². The SMILES string of the molecule is CCOc1ccccc1N1CCN(Cc2c(F)cccc2F)CC1. The molecule has 0 spiro atoms. The molecular formula is C19H22F2N2O. The average molecular weight is 332 g/mol. The van der Waals surface area contributed by atoms with Crippen LogP contribution in [0.2, 0.25) is 0 Å². The Bertz CT molecular complexity index is 665. The monoisotopic (exact) mass is 332 g/mol. The third-order valence-corrected chi connectivity index (χ3v) is 4.32. The Morgan fingerprint density at radius 2 is 1.58 bits per heavy atom. The van der Waals surface area contributed by atoms with Crippen LogP contribution in [0.25, 0.3) is 0 Å². The van der Waals surface area contributed by atoms with Gasteiger partial charge in [0.15, 0.2) is 0 Å². The molecule has 0 aromatic heterocycles. The molecule has 1 heterocycles. The predicted octanol–water partition coefficient (Wildman–Crippen LogP) is 3.69. The van der Waals surface area contributed by atoms with E-state index >= 15 is 0 Å². The second-order valence-electron chi connectivity index (χ2n) is 5.86. The van der Waals surface area contributed by atoms with Gasteiger partial charge in [0.25, 0.3) is 0 Å². The largest absolute Gasteiger partial charge is 0.492 e. The van der Waals surface area contributed by atoms with Gasteiger partial charge < -0.3 is 9.64 Å². The number of nitrogens with zero attached hydrogens (tertiary/aromatic N) is 2. The standard InChI is InChI=1S/C19H22F2N2O/c1-2-24-19-9-4-3-8-18(19)23-12-10-22(11-13-23)14-15-16(20)6-5-7-17(15)21/h3-9H,2,10-14H2,1H3. The summed E-state index contributed by atoms with van der Waals surface area (Å²) >= 11 is 0. The molecule has 1 saturated heterocycles. The molecule has 5 heteroatoms. The molecule has 1 aliphatic heterocycles. The molecule has 1 aliphatic rings. The normalized spacial score (nSPS) is 15.5. The average Bonchev–Trinajstić information content (AvgIpc) is 2.60. The van der Waals surface area contributed by atoms with Crippen LogP contribution in [0, 0.1) is 11.6 Å². The molecule has 0 saturated carbocycles. The number of para-hydroxylation sites is 2. The Morgan fingerprint density at radius 3 is 2.25 bits per heavy atom. The fourth-order valence-electron chi connectivity index (χ4n) is 3.05. The van der Waals surface area contributed by atoms with E-state index < -0.39 is 11.6 Å². The van der Waals surface area contributed by atoms with Gasteiger partial charge in [-0.3, -0.25) is 4.90 Å². The Labute approximate surface area is 141 Å². The van der Waals surface area contributed by atoms with Crippen LogP contribution in [0.15, 0.2) is 42.5 Å². The number of anilines is 1. The van der Waals surface area contributed by atoms with E-state index in [1.165, 1.54) is 18.2 Å². The minimum atomic E-state index is -0.473. The number of halogens is 2. The summed E-state index contributed by atoms with van der Waals surface area (Å²) < 4.78 is 33.3. The maximum absolute atomic E-state index is 13.8. The first-order valence-corrected chi connectivity index (χ1v) is 8.31. The smallest absolute Gasteiger partial charge is 0.142 e. The highest BCUT2D eigenvalue weighted by molar-refractivity contribution is 5.58. The van der Waals surface area contributed by atoms with Gasteiger partial charge in [0.05, 0.1) is 12.3 Å². The fourth-order valence-corrected chi connectivity index (χ4v) is 3.05. The Balaban J connectivity index is 1.64. The Morgan fingerprint density at radius 1 is 0.917 bits per heavy atom. The van der Waals surface area contributed by atoms with E-state index in [4.69, 9.17) is 4.74 Å². The maximum Gasteiger partial charge on any atom is 0.142 e. The van der Waals surface area contributed by atoms with Crippen molar-refractivity contribution in [1.82, 2.24) is 4.90 Å². The van der Waals surface area contributed by atoms with E-state index in [-0.39, 0.29) is 5.56 Å². The molecule has 0 radical (unpaired) electrons. The lowest BCUT2D eigenvalue weighted by molar-refractivity contribution is 0.242. The molecule has 0 unspecified atom stereocenters. The number of rotatable bonds is 5. The summed E-state index contributed by atoms with van der Waals surface area (Å²) in [5.74, 6) is -0.0631. The molecule has 24 heavy (non-hydrogen) atoms. The van der Waals surface area contributed by atoms with Crippen molar-refractivity contribution >= 4 is 5.69 Å². The van der Waals surface area contributed by atoms with Crippen LogP contribution in [-0.2, 0) is 6.54 Å². The summed E-state index contributed by atoms with van der Waals surface area (Å²) in [5.41, 5.74) is 1.23. The zero-order valence-electron chi connectivity index (χ0n) is 13.8. The highest BCUT2D eigenvalue weighted by atomic mass is 19.1. The molecule has 0 bridgehead atoms. The molecule has 1 fully saturated rings. The third kappa shape index (κ3) is 3.67. The Kier molecular flexibility index (Phi) is 5.30. The summed E-state index contributed by atoms with van der Waals surface area (Å²) in [7, 11) is 0. The van der Waals surface area contributed by atoms with Gasteiger partial charge in [-0.05, 0) is 31.2 Å². The van der Waals surface area contributed by atoms with Gasteiger partial charge in [0.2, 0.25) is 0 Å². The van der Waals surface area contributed by atoms with E-state index in [0.717, 1.165) is 37.6 Å². The second-order valence-corrected chi connectivity index (χ2v) is 5.86. The molecule has 0 atom stereocenters. The topological polar surface area (TPSA) is 15.7 Å². The minimum absolute atomic E-state index is 0.153. The molecule has 0 amide bonds. The summed E-state index contributed by atoms with van der Waals surface area (Å²) in [4.78, 5) is 4.35. The summed E-state index contributed by atoms with van der Waals surface area (Å²) in [6.07, 6.45) is 0. The van der Waals surface area contributed by atoms with Crippen LogP contribution >= 0.6 is 0 Å². The molecular weight excluding hydrogens is 310 g/mol. The van der Waals surface area contributed by atoms with Crippen LogP contribution in [0.5, 0.6) is 5.75 Å². The second kappa shape index (κ2) is 7.62. The fraction of sp³-hybridized carbons (Fsp3) is 0.368. The lowest BCUT2D eigenvalue weighted by Gasteiger charge is -2.36. The third-order valence-electron chi connectivity index (χ3n) is 4.32. The van der Waals surface area contributed by atoms with Crippen molar-refractivity contribution < 1.29 is 13.5 Å². The minimum Gasteiger partial charge on any atom is -0.492 e. The molecule has 3 rings (SSSR count). The van der Waals surface area contributed by atoms with Gasteiger partial charge in [-0.1, -0.05) is 18.2 Å². The number of hydrogen-bond donors (Lipinski definition) is 0. The first-order chi connectivity index (χ1) is 11.7. The summed E-state index contributed by atoms with van der Waals surface area (Å²) in [6, 6.07) is 12.0. The van der Waals surface area contributed by atoms with Gasteiger partial charge in [-0.25, -0.2) is 8.78 Å². The molecule has 2 aromatic carbocycles. The van der Waals surface area contributed by atoms with E-state index in [2.05, 4.69) is 15.9 Å². The van der Waals surface area contributed by atoms with Crippen molar-refractivity contribution in [3.63, 3.8) is 0 Å². The van der Waals surface area contributed by atoms with Crippen LogP contribution in [0.1, 0.15) is 12.5 Å². The van der Waals surface area contributed by atoms with Gasteiger partial charge >= 0.3 is 0 Å².